The van der Waals surface area contributed by atoms with Crippen molar-refractivity contribution in [2.75, 3.05) is 5.75 Å². The Bertz CT molecular complexity index is 707. The topological polar surface area (TPSA) is 34.1 Å². The summed E-state index contributed by atoms with van der Waals surface area (Å²) in [5, 5.41) is 0.911. The lowest BCUT2D eigenvalue weighted by atomic mass is 10.2. The van der Waals surface area contributed by atoms with Crippen LogP contribution >= 0.6 is 23.2 Å². The largest absolute Gasteiger partial charge is 0.224 e. The first kappa shape index (κ1) is 15.4. The Hall–Kier alpha value is -1.03. The van der Waals surface area contributed by atoms with Gasteiger partial charge in [0.15, 0.2) is 9.84 Å². The number of rotatable bonds is 4. The van der Waals surface area contributed by atoms with Crippen LogP contribution in [0.1, 0.15) is 11.1 Å². The summed E-state index contributed by atoms with van der Waals surface area (Å²) in [6.45, 7) is 1.92. The number of hydrogen-bond acceptors (Lipinski definition) is 2. The third kappa shape index (κ3) is 3.75. The monoisotopic (exact) mass is 328 g/mol. The van der Waals surface area contributed by atoms with Crippen molar-refractivity contribution in [3.05, 3.63) is 63.6 Å². The van der Waals surface area contributed by atoms with Crippen LogP contribution in [0, 0.1) is 6.92 Å². The van der Waals surface area contributed by atoms with Gasteiger partial charge in [0.25, 0.3) is 0 Å². The molecule has 0 saturated heterocycles. The van der Waals surface area contributed by atoms with Crippen LogP contribution in [0.3, 0.4) is 0 Å². The number of hydrogen-bond donors (Lipinski definition) is 0. The maximum Gasteiger partial charge on any atom is 0.178 e. The van der Waals surface area contributed by atoms with Gasteiger partial charge in [-0.2, -0.15) is 0 Å². The van der Waals surface area contributed by atoms with E-state index in [0.29, 0.717) is 21.4 Å². The number of sulfone groups is 1. The van der Waals surface area contributed by atoms with Gasteiger partial charge >= 0.3 is 0 Å². The lowest BCUT2D eigenvalue weighted by Crippen LogP contribution is -2.09. The van der Waals surface area contributed by atoms with Crippen molar-refractivity contribution in [3.8, 4) is 0 Å². The predicted octanol–water partition coefficient (Wildman–Crippen LogP) is 4.32. The van der Waals surface area contributed by atoms with Crippen LogP contribution in [-0.4, -0.2) is 14.2 Å². The third-order valence-corrected chi connectivity index (χ3v) is 5.49. The molecule has 0 bridgehead atoms. The van der Waals surface area contributed by atoms with Gasteiger partial charge in [-0.1, -0.05) is 47.0 Å². The molecule has 0 saturated carbocycles. The van der Waals surface area contributed by atoms with E-state index >= 15 is 0 Å². The second-order valence-electron chi connectivity index (χ2n) is 4.63. The summed E-state index contributed by atoms with van der Waals surface area (Å²) in [6, 6.07) is 12.0. The van der Waals surface area contributed by atoms with Gasteiger partial charge in [-0.05, 0) is 43.2 Å². The normalized spacial score (nSPS) is 11.6. The SMILES string of the molecule is Cc1ccc(S(=O)(=O)CCc2ccc(Cl)c(Cl)c2)cc1. The summed E-state index contributed by atoms with van der Waals surface area (Å²) in [5.74, 6) is 0.0496. The van der Waals surface area contributed by atoms with E-state index in [0.717, 1.165) is 11.1 Å². The Morgan fingerprint density at radius 2 is 1.60 bits per heavy atom. The molecule has 5 heteroatoms. The van der Waals surface area contributed by atoms with Crippen molar-refractivity contribution in [1.29, 1.82) is 0 Å². The van der Waals surface area contributed by atoms with Gasteiger partial charge in [-0.25, -0.2) is 8.42 Å². The lowest BCUT2D eigenvalue weighted by molar-refractivity contribution is 0.595. The Morgan fingerprint density at radius 3 is 2.20 bits per heavy atom. The zero-order valence-corrected chi connectivity index (χ0v) is 13.3. The van der Waals surface area contributed by atoms with Crippen molar-refractivity contribution < 1.29 is 8.42 Å². The van der Waals surface area contributed by atoms with Crippen LogP contribution in [-0.2, 0) is 16.3 Å². The Labute approximate surface area is 129 Å². The molecule has 20 heavy (non-hydrogen) atoms. The minimum atomic E-state index is -3.27. The van der Waals surface area contributed by atoms with E-state index in [1.165, 1.54) is 0 Å². The average Bonchev–Trinajstić information content (AvgIpc) is 2.41. The van der Waals surface area contributed by atoms with E-state index in [-0.39, 0.29) is 5.75 Å². The van der Waals surface area contributed by atoms with Gasteiger partial charge in [-0.15, -0.1) is 0 Å². The molecule has 0 aromatic heterocycles. The van der Waals surface area contributed by atoms with Crippen LogP contribution in [0.25, 0.3) is 0 Å². The highest BCUT2D eigenvalue weighted by atomic mass is 35.5. The molecule has 2 rings (SSSR count). The fourth-order valence-electron chi connectivity index (χ4n) is 1.81. The quantitative estimate of drug-likeness (QED) is 0.837. The first-order valence-corrected chi connectivity index (χ1v) is 8.53. The van der Waals surface area contributed by atoms with Crippen molar-refractivity contribution in [2.24, 2.45) is 0 Å². The molecule has 0 atom stereocenters. The Morgan fingerprint density at radius 1 is 0.950 bits per heavy atom. The highest BCUT2D eigenvalue weighted by molar-refractivity contribution is 7.91. The maximum absolute atomic E-state index is 12.2. The molecule has 0 N–H and O–H groups in total. The van der Waals surface area contributed by atoms with E-state index in [4.69, 9.17) is 23.2 Å². The van der Waals surface area contributed by atoms with Crippen LogP contribution in [0.5, 0.6) is 0 Å². The minimum Gasteiger partial charge on any atom is -0.224 e. The van der Waals surface area contributed by atoms with E-state index < -0.39 is 9.84 Å². The highest BCUT2D eigenvalue weighted by Crippen LogP contribution is 2.23. The van der Waals surface area contributed by atoms with E-state index in [2.05, 4.69) is 0 Å². The van der Waals surface area contributed by atoms with Crippen LogP contribution in [0.2, 0.25) is 10.0 Å². The molecular formula is C15H14Cl2O2S. The first-order chi connectivity index (χ1) is 9.38. The summed E-state index contributed by atoms with van der Waals surface area (Å²) in [5.41, 5.74) is 1.89. The van der Waals surface area contributed by atoms with Crippen LogP contribution in [0.15, 0.2) is 47.4 Å². The number of benzene rings is 2. The smallest absolute Gasteiger partial charge is 0.178 e. The van der Waals surface area contributed by atoms with E-state index in [9.17, 15) is 8.42 Å². The Balaban J connectivity index is 2.13. The van der Waals surface area contributed by atoms with Crippen LogP contribution < -0.4 is 0 Å². The molecule has 0 radical (unpaired) electrons. The third-order valence-electron chi connectivity index (χ3n) is 3.02. The molecular weight excluding hydrogens is 315 g/mol. The molecule has 2 nitrogen and oxygen atoms in total. The molecule has 0 spiro atoms. The van der Waals surface area contributed by atoms with Gasteiger partial charge in [0, 0.05) is 0 Å². The van der Waals surface area contributed by atoms with Crippen molar-refractivity contribution in [3.63, 3.8) is 0 Å². The Kier molecular flexibility index (Phi) is 4.74. The molecule has 0 aliphatic carbocycles. The molecule has 0 heterocycles. The highest BCUT2D eigenvalue weighted by Gasteiger charge is 2.14. The standard InChI is InChI=1S/C15H14Cl2O2S/c1-11-2-5-13(6-3-11)20(18,19)9-8-12-4-7-14(16)15(17)10-12/h2-7,10H,8-9H2,1H3. The molecule has 2 aromatic carbocycles. The molecule has 106 valence electrons. The lowest BCUT2D eigenvalue weighted by Gasteiger charge is -2.06. The average molecular weight is 329 g/mol. The van der Waals surface area contributed by atoms with Gasteiger partial charge in [0.05, 0.1) is 20.7 Å². The maximum atomic E-state index is 12.2. The van der Waals surface area contributed by atoms with Crippen molar-refractivity contribution in [1.82, 2.24) is 0 Å². The molecule has 0 aliphatic heterocycles. The van der Waals surface area contributed by atoms with Gasteiger partial charge < -0.3 is 0 Å². The van der Waals surface area contributed by atoms with Gasteiger partial charge in [0.2, 0.25) is 0 Å². The van der Waals surface area contributed by atoms with Gasteiger partial charge in [-0.3, -0.25) is 0 Å². The zero-order chi connectivity index (χ0) is 14.8. The van der Waals surface area contributed by atoms with E-state index in [1.54, 1.807) is 42.5 Å². The molecule has 0 fully saturated rings. The van der Waals surface area contributed by atoms with Crippen molar-refractivity contribution in [2.45, 2.75) is 18.2 Å². The fraction of sp³-hybridized carbons (Fsp3) is 0.200. The van der Waals surface area contributed by atoms with Crippen molar-refractivity contribution >= 4 is 33.0 Å². The summed E-state index contributed by atoms with van der Waals surface area (Å²) >= 11 is 11.7. The second-order valence-corrected chi connectivity index (χ2v) is 7.55. The first-order valence-electron chi connectivity index (χ1n) is 6.12. The molecule has 2 aromatic rings. The van der Waals surface area contributed by atoms with Crippen LogP contribution in [0.4, 0.5) is 0 Å². The summed E-state index contributed by atoms with van der Waals surface area (Å²) < 4.78 is 24.4. The summed E-state index contributed by atoms with van der Waals surface area (Å²) in [7, 11) is -3.27. The summed E-state index contributed by atoms with van der Waals surface area (Å²) in [4.78, 5) is 0.350. The zero-order valence-electron chi connectivity index (χ0n) is 10.9. The molecule has 0 unspecified atom stereocenters. The molecule has 0 amide bonds. The minimum absolute atomic E-state index is 0.0496. The molecule has 0 aliphatic rings. The number of halogens is 2. The predicted molar refractivity (Wildman–Crippen MR) is 83.4 cm³/mol. The van der Waals surface area contributed by atoms with E-state index in [1.807, 2.05) is 6.92 Å². The fourth-order valence-corrected chi connectivity index (χ4v) is 3.42. The number of aryl methyl sites for hydroxylation is 2. The second kappa shape index (κ2) is 6.17. The summed E-state index contributed by atoms with van der Waals surface area (Å²) in [6.07, 6.45) is 0.410. The van der Waals surface area contributed by atoms with Gasteiger partial charge in [0.1, 0.15) is 0 Å².